The molecule has 134 valence electrons. The topological polar surface area (TPSA) is 50.1 Å². The SMILES string of the molecule is Cc1c(F)c(F)c(COC(=O)[C@@H]2[C@H](/C=C(/F)C#N)C2(C)C)c(F)c1F. The lowest BCUT2D eigenvalue weighted by Gasteiger charge is -2.10. The van der Waals surface area contributed by atoms with Gasteiger partial charge in [-0.1, -0.05) is 13.8 Å². The van der Waals surface area contributed by atoms with E-state index in [1.54, 1.807) is 13.8 Å². The van der Waals surface area contributed by atoms with Gasteiger partial charge in [-0.3, -0.25) is 4.79 Å². The number of nitriles is 1. The normalized spacial score (nSPS) is 21.6. The molecule has 0 aliphatic heterocycles. The number of benzene rings is 1. The largest absolute Gasteiger partial charge is 0.460 e. The summed E-state index contributed by atoms with van der Waals surface area (Å²) in [5.41, 5.74) is -2.57. The van der Waals surface area contributed by atoms with Crippen molar-refractivity contribution in [1.82, 2.24) is 0 Å². The van der Waals surface area contributed by atoms with Crippen molar-refractivity contribution in [3.63, 3.8) is 0 Å². The van der Waals surface area contributed by atoms with Crippen LogP contribution in [-0.4, -0.2) is 5.97 Å². The second kappa shape index (κ2) is 6.47. The molecule has 8 heteroatoms. The van der Waals surface area contributed by atoms with E-state index in [1.165, 1.54) is 6.07 Å². The van der Waals surface area contributed by atoms with Gasteiger partial charge in [-0.05, 0) is 18.4 Å². The number of carbonyl (C=O) groups is 1. The minimum Gasteiger partial charge on any atom is -0.460 e. The Morgan fingerprint density at radius 3 is 2.20 bits per heavy atom. The van der Waals surface area contributed by atoms with Gasteiger partial charge in [0.1, 0.15) is 12.7 Å². The fourth-order valence-corrected chi connectivity index (χ4v) is 2.78. The predicted octanol–water partition coefficient (Wildman–Crippen LogP) is 4.24. The number of rotatable bonds is 4. The van der Waals surface area contributed by atoms with Crippen molar-refractivity contribution in [3.8, 4) is 6.07 Å². The Kier molecular flexibility index (Phi) is 4.89. The lowest BCUT2D eigenvalue weighted by Crippen LogP contribution is -2.14. The third-order valence-electron chi connectivity index (χ3n) is 4.53. The van der Waals surface area contributed by atoms with Crippen molar-refractivity contribution >= 4 is 5.97 Å². The van der Waals surface area contributed by atoms with Crippen LogP contribution in [0.1, 0.15) is 25.0 Å². The summed E-state index contributed by atoms with van der Waals surface area (Å²) in [6.45, 7) is 3.11. The van der Waals surface area contributed by atoms with Crippen LogP contribution in [0.3, 0.4) is 0 Å². The molecule has 1 aliphatic carbocycles. The zero-order valence-corrected chi connectivity index (χ0v) is 13.6. The first-order valence-corrected chi connectivity index (χ1v) is 7.29. The van der Waals surface area contributed by atoms with Crippen molar-refractivity contribution in [1.29, 1.82) is 5.26 Å². The molecular formula is C17H14F5NO2. The lowest BCUT2D eigenvalue weighted by atomic mass is 10.1. The monoisotopic (exact) mass is 359 g/mol. The Hall–Kier alpha value is -2.43. The van der Waals surface area contributed by atoms with Gasteiger partial charge in [0, 0.05) is 11.5 Å². The average molecular weight is 359 g/mol. The summed E-state index contributed by atoms with van der Waals surface area (Å²) in [5, 5.41) is 8.43. The zero-order valence-electron chi connectivity index (χ0n) is 13.6. The van der Waals surface area contributed by atoms with Gasteiger partial charge in [-0.2, -0.15) is 9.65 Å². The number of halogens is 5. The number of allylic oxidation sites excluding steroid dienone is 2. The van der Waals surface area contributed by atoms with Crippen LogP contribution < -0.4 is 0 Å². The van der Waals surface area contributed by atoms with Gasteiger partial charge in [0.05, 0.1) is 11.5 Å². The van der Waals surface area contributed by atoms with E-state index in [0.717, 1.165) is 13.0 Å². The molecule has 0 bridgehead atoms. The number of hydrogen-bond donors (Lipinski definition) is 0. The van der Waals surface area contributed by atoms with Crippen LogP contribution in [-0.2, 0) is 16.1 Å². The van der Waals surface area contributed by atoms with E-state index in [-0.39, 0.29) is 0 Å². The average Bonchev–Trinajstić information content (AvgIpc) is 3.10. The minimum atomic E-state index is -1.63. The number of carbonyl (C=O) groups excluding carboxylic acids is 1. The van der Waals surface area contributed by atoms with E-state index in [1.807, 2.05) is 0 Å². The number of esters is 1. The van der Waals surface area contributed by atoms with Crippen LogP contribution in [0.15, 0.2) is 11.9 Å². The van der Waals surface area contributed by atoms with Crippen molar-refractivity contribution in [3.05, 3.63) is 46.3 Å². The number of nitrogens with zero attached hydrogens (tertiary/aromatic N) is 1. The molecule has 1 aromatic rings. The first-order chi connectivity index (χ1) is 11.5. The molecule has 0 amide bonds. The molecule has 3 nitrogen and oxygen atoms in total. The van der Waals surface area contributed by atoms with E-state index in [9.17, 15) is 26.7 Å². The molecule has 2 atom stereocenters. The van der Waals surface area contributed by atoms with Crippen molar-refractivity contribution in [2.24, 2.45) is 17.3 Å². The highest BCUT2D eigenvalue weighted by Crippen LogP contribution is 2.60. The fraction of sp³-hybridized carbons (Fsp3) is 0.412. The molecule has 0 saturated heterocycles. The van der Waals surface area contributed by atoms with Gasteiger partial charge in [0.15, 0.2) is 29.1 Å². The zero-order chi connectivity index (χ0) is 19.1. The molecule has 0 aromatic heterocycles. The molecular weight excluding hydrogens is 345 g/mol. The molecule has 25 heavy (non-hydrogen) atoms. The Bertz CT molecular complexity index is 781. The summed E-state index contributed by atoms with van der Waals surface area (Å²) < 4.78 is 72.3. The van der Waals surface area contributed by atoms with Crippen LogP contribution in [0.25, 0.3) is 0 Å². The molecule has 0 unspecified atom stereocenters. The quantitative estimate of drug-likeness (QED) is 0.350. The molecule has 0 N–H and O–H groups in total. The second-order valence-corrected chi connectivity index (χ2v) is 6.42. The predicted molar refractivity (Wildman–Crippen MR) is 76.4 cm³/mol. The van der Waals surface area contributed by atoms with E-state index in [4.69, 9.17) is 10.00 Å². The Labute approximate surface area is 140 Å². The molecule has 2 rings (SSSR count). The summed E-state index contributed by atoms with van der Waals surface area (Å²) in [6.07, 6.45) is 0.971. The van der Waals surface area contributed by atoms with E-state index < -0.39 is 70.0 Å². The Morgan fingerprint density at radius 2 is 1.72 bits per heavy atom. The molecule has 1 aliphatic rings. The van der Waals surface area contributed by atoms with E-state index >= 15 is 0 Å². The van der Waals surface area contributed by atoms with Crippen LogP contribution in [0.4, 0.5) is 22.0 Å². The van der Waals surface area contributed by atoms with Gasteiger partial charge in [0.2, 0.25) is 0 Å². The maximum Gasteiger partial charge on any atom is 0.310 e. The highest BCUT2D eigenvalue weighted by atomic mass is 19.2. The smallest absolute Gasteiger partial charge is 0.310 e. The van der Waals surface area contributed by atoms with Crippen LogP contribution >= 0.6 is 0 Å². The highest BCUT2D eigenvalue weighted by molar-refractivity contribution is 5.78. The van der Waals surface area contributed by atoms with Gasteiger partial charge in [-0.15, -0.1) is 0 Å². The van der Waals surface area contributed by atoms with Crippen molar-refractivity contribution in [2.45, 2.75) is 27.4 Å². The first-order valence-electron chi connectivity index (χ1n) is 7.29. The van der Waals surface area contributed by atoms with Crippen LogP contribution in [0.5, 0.6) is 0 Å². The third-order valence-corrected chi connectivity index (χ3v) is 4.53. The summed E-state index contributed by atoms with van der Waals surface area (Å²) >= 11 is 0. The van der Waals surface area contributed by atoms with E-state index in [0.29, 0.717) is 0 Å². The molecule has 0 radical (unpaired) electrons. The fourth-order valence-electron chi connectivity index (χ4n) is 2.78. The molecule has 1 saturated carbocycles. The summed E-state index contributed by atoms with van der Waals surface area (Å²) in [4.78, 5) is 12.0. The molecule has 0 heterocycles. The van der Waals surface area contributed by atoms with Gasteiger partial charge in [0.25, 0.3) is 0 Å². The van der Waals surface area contributed by atoms with Gasteiger partial charge >= 0.3 is 5.97 Å². The number of ether oxygens (including phenoxy) is 1. The lowest BCUT2D eigenvalue weighted by molar-refractivity contribution is -0.147. The van der Waals surface area contributed by atoms with Gasteiger partial charge < -0.3 is 4.74 Å². The van der Waals surface area contributed by atoms with Crippen LogP contribution in [0.2, 0.25) is 0 Å². The van der Waals surface area contributed by atoms with Crippen molar-refractivity contribution in [2.75, 3.05) is 0 Å². The van der Waals surface area contributed by atoms with Crippen LogP contribution in [0, 0.1) is 58.8 Å². The van der Waals surface area contributed by atoms with Gasteiger partial charge in [-0.25, -0.2) is 17.6 Å². The molecule has 1 aromatic carbocycles. The summed E-state index contributed by atoms with van der Waals surface area (Å²) in [6, 6.07) is 1.28. The first kappa shape index (κ1) is 18.9. The standard InChI is InChI=1S/C17H14F5NO2/c1-7-12(19)14(21)9(15(22)13(7)20)6-25-16(24)11-10(17(11,2)3)4-8(18)5-23/h4,10-11H,6H2,1-3H3/b8-4+/t10-,11-/m0/s1. The minimum absolute atomic E-state index is 0.624. The Morgan fingerprint density at radius 1 is 1.20 bits per heavy atom. The maximum absolute atomic E-state index is 13.7. The summed E-state index contributed by atoms with van der Waals surface area (Å²) in [7, 11) is 0. The molecule has 1 fully saturated rings. The Balaban J connectivity index is 2.16. The maximum atomic E-state index is 13.7. The second-order valence-electron chi connectivity index (χ2n) is 6.42. The summed E-state index contributed by atoms with van der Waals surface area (Å²) in [5.74, 6) is -9.82. The third kappa shape index (κ3) is 3.23. The highest BCUT2D eigenvalue weighted by Gasteiger charge is 2.61. The van der Waals surface area contributed by atoms with E-state index in [2.05, 4.69) is 0 Å². The molecule has 0 spiro atoms. The van der Waals surface area contributed by atoms with Crippen molar-refractivity contribution < 1.29 is 31.5 Å². The number of hydrogen-bond acceptors (Lipinski definition) is 3.